The predicted octanol–water partition coefficient (Wildman–Crippen LogP) is 4.16. The summed E-state index contributed by atoms with van der Waals surface area (Å²) < 4.78 is 11.4. The third kappa shape index (κ3) is 6.32. The Morgan fingerprint density at radius 1 is 1.33 bits per heavy atom. The number of carboxylic acid groups (broad SMARTS) is 1. The lowest BCUT2D eigenvalue weighted by atomic mass is 10.2. The lowest BCUT2D eigenvalue weighted by Gasteiger charge is -2.15. The first kappa shape index (κ1) is 20.8. The van der Waals surface area contributed by atoms with Gasteiger partial charge in [-0.15, -0.1) is 5.10 Å². The van der Waals surface area contributed by atoms with E-state index in [1.807, 2.05) is 27.7 Å². The van der Waals surface area contributed by atoms with E-state index in [0.29, 0.717) is 28.8 Å². The van der Waals surface area contributed by atoms with Crippen molar-refractivity contribution >= 4 is 23.8 Å². The lowest BCUT2D eigenvalue weighted by Crippen LogP contribution is -2.07. The summed E-state index contributed by atoms with van der Waals surface area (Å²) >= 11 is 1.01. The Balaban J connectivity index is 2.27. The van der Waals surface area contributed by atoms with Gasteiger partial charge in [0.15, 0.2) is 11.5 Å². The minimum absolute atomic E-state index is 0.0128. The van der Waals surface area contributed by atoms with E-state index in [2.05, 4.69) is 15.2 Å². The molecule has 1 aromatic carbocycles. The fourth-order valence-electron chi connectivity index (χ4n) is 2.29. The van der Waals surface area contributed by atoms with Gasteiger partial charge in [-0.3, -0.25) is 5.10 Å². The molecule has 0 fully saturated rings. The Morgan fingerprint density at radius 2 is 2.11 bits per heavy atom. The molecule has 0 unspecified atom stereocenters. The molecular weight excluding hydrogens is 366 g/mol. The summed E-state index contributed by atoms with van der Waals surface area (Å²) in [6.07, 6.45) is 3.30. The summed E-state index contributed by atoms with van der Waals surface area (Å²) in [7, 11) is 0. The molecule has 0 aliphatic carbocycles. The Bertz CT molecular complexity index is 802. The quantitative estimate of drug-likeness (QED) is 0.463. The minimum Gasteiger partial charge on any atom is -0.490 e. The summed E-state index contributed by atoms with van der Waals surface area (Å²) in [6, 6.07) is 5.35. The third-order valence-corrected chi connectivity index (χ3v) is 4.22. The van der Waals surface area contributed by atoms with Gasteiger partial charge in [-0.05, 0) is 62.7 Å². The number of carboxylic acids is 1. The molecular formula is C19H25N3O4S. The first-order valence-electron chi connectivity index (χ1n) is 8.90. The van der Waals surface area contributed by atoms with Gasteiger partial charge in [0.2, 0.25) is 5.16 Å². The number of aromatic nitrogens is 3. The van der Waals surface area contributed by atoms with Crippen molar-refractivity contribution < 1.29 is 19.4 Å². The second-order valence-corrected chi connectivity index (χ2v) is 7.05. The van der Waals surface area contributed by atoms with Gasteiger partial charge in [-0.25, -0.2) is 9.78 Å². The molecule has 8 heteroatoms. The number of aromatic amines is 1. The first-order valence-corrected chi connectivity index (χ1v) is 9.72. The molecule has 2 aromatic rings. The van der Waals surface area contributed by atoms with E-state index < -0.39 is 5.97 Å². The van der Waals surface area contributed by atoms with Gasteiger partial charge in [0.1, 0.15) is 10.7 Å². The molecule has 0 atom stereocenters. The Hall–Kier alpha value is -2.48. The van der Waals surface area contributed by atoms with Crippen LogP contribution >= 0.6 is 11.8 Å². The number of nitrogens with zero attached hydrogens (tertiary/aromatic N) is 2. The highest BCUT2D eigenvalue weighted by atomic mass is 32.2. The van der Waals surface area contributed by atoms with E-state index in [9.17, 15) is 9.90 Å². The smallest absolute Gasteiger partial charge is 0.342 e. The van der Waals surface area contributed by atoms with Crippen LogP contribution in [0.5, 0.6) is 11.5 Å². The highest BCUT2D eigenvalue weighted by Crippen LogP contribution is 2.32. The number of thioether (sulfide) groups is 1. The molecule has 0 radical (unpaired) electrons. The molecule has 2 N–H and O–H groups in total. The number of aliphatic carboxylic acids is 1. The molecule has 1 heterocycles. The van der Waals surface area contributed by atoms with Crippen LogP contribution < -0.4 is 9.47 Å². The van der Waals surface area contributed by atoms with E-state index in [1.54, 1.807) is 24.3 Å². The average Bonchev–Trinajstić information content (AvgIpc) is 3.04. The number of benzene rings is 1. The number of hydrogen-bond acceptors (Lipinski definition) is 6. The van der Waals surface area contributed by atoms with Crippen LogP contribution in [0.15, 0.2) is 28.3 Å². The van der Waals surface area contributed by atoms with Crippen LogP contribution in [-0.2, 0) is 11.2 Å². The number of nitrogens with one attached hydrogen (secondary N) is 1. The molecule has 0 spiro atoms. The van der Waals surface area contributed by atoms with E-state index in [0.717, 1.165) is 30.4 Å². The molecule has 27 heavy (non-hydrogen) atoms. The molecule has 0 saturated carbocycles. The number of ether oxygens (including phenoxy) is 2. The largest absolute Gasteiger partial charge is 0.490 e. The van der Waals surface area contributed by atoms with E-state index in [1.165, 1.54) is 0 Å². The number of H-pyrrole nitrogens is 1. The fraction of sp³-hybridized carbons (Fsp3) is 0.421. The lowest BCUT2D eigenvalue weighted by molar-refractivity contribution is -0.131. The monoisotopic (exact) mass is 391 g/mol. The van der Waals surface area contributed by atoms with Gasteiger partial charge < -0.3 is 14.6 Å². The van der Waals surface area contributed by atoms with Gasteiger partial charge in [0.05, 0.1) is 12.7 Å². The molecule has 2 rings (SSSR count). The summed E-state index contributed by atoms with van der Waals surface area (Å²) in [5, 5.41) is 16.8. The summed E-state index contributed by atoms with van der Waals surface area (Å²) in [6.45, 7) is 8.29. The molecule has 0 aliphatic rings. The second-order valence-electron chi connectivity index (χ2n) is 6.04. The molecule has 146 valence electrons. The van der Waals surface area contributed by atoms with Crippen LogP contribution in [0.25, 0.3) is 6.08 Å². The zero-order chi connectivity index (χ0) is 19.8. The number of hydrogen-bond donors (Lipinski definition) is 2. The van der Waals surface area contributed by atoms with Crippen LogP contribution in [0.2, 0.25) is 0 Å². The Morgan fingerprint density at radius 3 is 2.74 bits per heavy atom. The maximum absolute atomic E-state index is 11.7. The number of aryl methyl sites for hydroxylation is 1. The topological polar surface area (TPSA) is 97.3 Å². The van der Waals surface area contributed by atoms with Crippen LogP contribution in [0.3, 0.4) is 0 Å². The van der Waals surface area contributed by atoms with Gasteiger partial charge >= 0.3 is 5.97 Å². The van der Waals surface area contributed by atoms with Crippen molar-refractivity contribution in [3.63, 3.8) is 0 Å². The van der Waals surface area contributed by atoms with Crippen molar-refractivity contribution in [3.05, 3.63) is 34.5 Å². The molecule has 1 aromatic heterocycles. The molecule has 7 nitrogen and oxygen atoms in total. The number of rotatable bonds is 10. The van der Waals surface area contributed by atoms with E-state index in [-0.39, 0.29) is 11.0 Å². The van der Waals surface area contributed by atoms with Gasteiger partial charge in [-0.2, -0.15) is 0 Å². The third-order valence-electron chi connectivity index (χ3n) is 3.34. The molecule has 0 bridgehead atoms. The van der Waals surface area contributed by atoms with Crippen molar-refractivity contribution in [1.29, 1.82) is 0 Å². The highest BCUT2D eigenvalue weighted by molar-refractivity contribution is 8.04. The summed E-state index contributed by atoms with van der Waals surface area (Å²) in [4.78, 5) is 16.1. The maximum Gasteiger partial charge on any atom is 0.342 e. The SMILES string of the molecule is CCCc1nc(S/C(=C\c2ccc(OC(C)C)c(OCC)c2)C(=O)O)n[nH]1. The van der Waals surface area contributed by atoms with Crippen molar-refractivity contribution in [2.75, 3.05) is 6.61 Å². The highest BCUT2D eigenvalue weighted by Gasteiger charge is 2.15. The average molecular weight is 391 g/mol. The van der Waals surface area contributed by atoms with Crippen LogP contribution in [0, 0.1) is 0 Å². The number of carbonyl (C=O) groups is 1. The molecule has 0 amide bonds. The fourth-order valence-corrected chi connectivity index (χ4v) is 3.02. The van der Waals surface area contributed by atoms with E-state index >= 15 is 0 Å². The van der Waals surface area contributed by atoms with Crippen molar-refractivity contribution in [2.24, 2.45) is 0 Å². The minimum atomic E-state index is -1.04. The molecule has 0 saturated heterocycles. The summed E-state index contributed by atoms with van der Waals surface area (Å²) in [5.41, 5.74) is 0.698. The zero-order valence-corrected chi connectivity index (χ0v) is 16.8. The van der Waals surface area contributed by atoms with Crippen molar-refractivity contribution in [2.45, 2.75) is 51.8 Å². The molecule has 0 aliphatic heterocycles. The zero-order valence-electron chi connectivity index (χ0n) is 16.0. The summed E-state index contributed by atoms with van der Waals surface area (Å²) in [5.74, 6) is 0.922. The van der Waals surface area contributed by atoms with E-state index in [4.69, 9.17) is 9.47 Å². The van der Waals surface area contributed by atoms with Gasteiger partial charge in [0.25, 0.3) is 0 Å². The van der Waals surface area contributed by atoms with Gasteiger partial charge in [0, 0.05) is 6.42 Å². The Labute approximate surface area is 163 Å². The van der Waals surface area contributed by atoms with Gasteiger partial charge in [-0.1, -0.05) is 13.0 Å². The second kappa shape index (κ2) is 10.0. The predicted molar refractivity (Wildman–Crippen MR) is 105 cm³/mol. The van der Waals surface area contributed by atoms with Crippen molar-refractivity contribution in [1.82, 2.24) is 15.2 Å². The normalized spacial score (nSPS) is 11.7. The Kier molecular flexibility index (Phi) is 7.72. The standard InChI is InChI=1S/C19H25N3O4S/c1-5-7-17-20-19(22-21-17)27-16(18(23)24)11-13-8-9-14(26-12(3)4)15(10-13)25-6-2/h8-12H,5-7H2,1-4H3,(H,23,24)(H,20,21,22)/b16-11-. The van der Waals surface area contributed by atoms with Crippen LogP contribution in [0.4, 0.5) is 0 Å². The van der Waals surface area contributed by atoms with Crippen LogP contribution in [0.1, 0.15) is 45.5 Å². The first-order chi connectivity index (χ1) is 12.9. The van der Waals surface area contributed by atoms with Crippen LogP contribution in [-0.4, -0.2) is 39.0 Å². The van der Waals surface area contributed by atoms with Crippen molar-refractivity contribution in [3.8, 4) is 11.5 Å². The maximum atomic E-state index is 11.7.